The quantitative estimate of drug-likeness (QED) is 0.139. The second kappa shape index (κ2) is 12.2. The van der Waals surface area contributed by atoms with Gasteiger partial charge in [0, 0.05) is 10.6 Å². The molecular formula is C26H22ClN5O4S. The lowest BCUT2D eigenvalue weighted by atomic mass is 10.1. The minimum atomic E-state index is -1.34. The number of nitrogens with zero attached hydrogens (tertiary/aromatic N) is 3. The standard InChI is InChI=1S/C26H22ClN5O4S/c1-17-6-8-18(9-7-17)25-30-31-26(32(25)21-12-10-20(27)11-13-21)37-16-23(33)29-28-14-19-4-2-3-5-22(19)36-15-24(34)35/h2-14H,15-16H2,1H3,(H2,29,33,34,35)/b28-14+. The first-order chi connectivity index (χ1) is 17.9. The molecule has 1 heterocycles. The molecule has 0 fully saturated rings. The van der Waals surface area contributed by atoms with E-state index in [4.69, 9.17) is 16.3 Å². The van der Waals surface area contributed by atoms with Gasteiger partial charge in [0.05, 0.1) is 28.6 Å². The van der Waals surface area contributed by atoms with Gasteiger partial charge in [0.2, 0.25) is 0 Å². The van der Waals surface area contributed by atoms with Crippen LogP contribution in [0.4, 0.5) is 0 Å². The zero-order valence-corrected chi connectivity index (χ0v) is 21.3. The molecule has 0 radical (unpaired) electrons. The number of rotatable bonds is 10. The van der Waals surface area contributed by atoms with Gasteiger partial charge in [-0.15, -0.1) is 5.10 Å². The predicted molar refractivity (Wildman–Crippen MR) is 139 cm³/mol. The molecule has 4 aromatic rings. The van der Waals surface area contributed by atoms with E-state index >= 15 is 0 Å². The van der Waals surface area contributed by atoms with E-state index in [1.54, 1.807) is 36.4 Å². The summed E-state index contributed by atoms with van der Waals surface area (Å²) in [5, 5.41) is 23.3. The summed E-state index contributed by atoms with van der Waals surface area (Å²) in [6, 6.07) is 22.1. The van der Waals surface area contributed by atoms with Crippen LogP contribution >= 0.6 is 23.4 Å². The number of hydrogen-bond acceptors (Lipinski definition) is 7. The number of para-hydroxylation sites is 1. The van der Waals surface area contributed by atoms with Crippen LogP contribution in [0.3, 0.4) is 0 Å². The highest BCUT2D eigenvalue weighted by molar-refractivity contribution is 7.99. The summed E-state index contributed by atoms with van der Waals surface area (Å²) < 4.78 is 7.10. The maximum absolute atomic E-state index is 12.5. The number of nitrogens with one attached hydrogen (secondary N) is 2. The molecule has 0 bridgehead atoms. The van der Waals surface area contributed by atoms with Gasteiger partial charge >= 0.3 is 5.16 Å². The molecule has 188 valence electrons. The number of benzene rings is 3. The SMILES string of the molecule is Cc1ccc(-c2[nH]nc(SCC(=O)N/N=C/c3ccccc3OCC(=O)[O-])[n+]2-c2ccc(Cl)cc2)cc1. The fourth-order valence-electron chi connectivity index (χ4n) is 3.32. The number of aromatic nitrogens is 3. The van der Waals surface area contributed by atoms with Gasteiger partial charge in [-0.25, -0.2) is 5.43 Å². The van der Waals surface area contributed by atoms with Gasteiger partial charge in [0.15, 0.2) is 0 Å². The van der Waals surface area contributed by atoms with Crippen molar-refractivity contribution in [2.24, 2.45) is 5.10 Å². The van der Waals surface area contributed by atoms with Crippen molar-refractivity contribution in [3.05, 3.63) is 88.9 Å². The number of carbonyl (C=O) groups excluding carboxylic acids is 2. The molecule has 0 saturated carbocycles. The van der Waals surface area contributed by atoms with Gasteiger partial charge in [-0.05, 0) is 67.2 Å². The lowest BCUT2D eigenvalue weighted by Gasteiger charge is -2.08. The molecule has 0 aliphatic rings. The highest BCUT2D eigenvalue weighted by Gasteiger charge is 2.24. The molecule has 3 aromatic carbocycles. The third-order valence-electron chi connectivity index (χ3n) is 5.07. The fraction of sp³-hybridized carbons (Fsp3) is 0.115. The molecule has 0 aliphatic carbocycles. The number of aliphatic carboxylic acids is 1. The zero-order chi connectivity index (χ0) is 26.2. The summed E-state index contributed by atoms with van der Waals surface area (Å²) >= 11 is 7.32. The molecule has 1 aromatic heterocycles. The van der Waals surface area contributed by atoms with Crippen LogP contribution in [0.15, 0.2) is 83.1 Å². The molecule has 9 nitrogen and oxygen atoms in total. The third-order valence-corrected chi connectivity index (χ3v) is 6.26. The van der Waals surface area contributed by atoms with E-state index in [2.05, 4.69) is 20.7 Å². The summed E-state index contributed by atoms with van der Waals surface area (Å²) in [6.07, 6.45) is 1.38. The van der Waals surface area contributed by atoms with Crippen LogP contribution in [0.1, 0.15) is 11.1 Å². The molecule has 1 amide bonds. The predicted octanol–water partition coefficient (Wildman–Crippen LogP) is 2.69. The summed E-state index contributed by atoms with van der Waals surface area (Å²) in [6.45, 7) is 1.43. The zero-order valence-electron chi connectivity index (χ0n) is 19.7. The first kappa shape index (κ1) is 25.9. The smallest absolute Gasteiger partial charge is 0.342 e. The van der Waals surface area contributed by atoms with Crippen molar-refractivity contribution < 1.29 is 24.0 Å². The summed E-state index contributed by atoms with van der Waals surface area (Å²) in [5.41, 5.74) is 5.89. The van der Waals surface area contributed by atoms with Crippen LogP contribution in [-0.2, 0) is 9.59 Å². The first-order valence-corrected chi connectivity index (χ1v) is 12.5. The molecule has 11 heteroatoms. The molecular weight excluding hydrogens is 514 g/mol. The second-order valence-corrected chi connectivity index (χ2v) is 9.19. The highest BCUT2D eigenvalue weighted by Crippen LogP contribution is 2.22. The highest BCUT2D eigenvalue weighted by atomic mass is 35.5. The number of ether oxygens (including phenoxy) is 1. The Hall–Kier alpha value is -4.15. The average molecular weight is 536 g/mol. The second-order valence-electron chi connectivity index (χ2n) is 7.81. The number of halogens is 1. The van der Waals surface area contributed by atoms with Crippen LogP contribution in [0.5, 0.6) is 5.75 Å². The monoisotopic (exact) mass is 535 g/mol. The van der Waals surface area contributed by atoms with Crippen LogP contribution in [0.2, 0.25) is 5.02 Å². The van der Waals surface area contributed by atoms with E-state index in [9.17, 15) is 14.7 Å². The largest absolute Gasteiger partial charge is 0.546 e. The number of aromatic amines is 1. The Morgan fingerprint density at radius 2 is 1.86 bits per heavy atom. The van der Waals surface area contributed by atoms with E-state index in [1.165, 1.54) is 18.0 Å². The number of carbonyl (C=O) groups is 2. The molecule has 0 saturated heterocycles. The van der Waals surface area contributed by atoms with E-state index in [0.29, 0.717) is 21.5 Å². The van der Waals surface area contributed by atoms with Crippen LogP contribution in [0, 0.1) is 6.92 Å². The number of hydrazone groups is 1. The Kier molecular flexibility index (Phi) is 8.55. The average Bonchev–Trinajstić information content (AvgIpc) is 3.31. The molecule has 0 aliphatic heterocycles. The molecule has 37 heavy (non-hydrogen) atoms. The number of H-pyrrole nitrogens is 1. The van der Waals surface area contributed by atoms with Crippen molar-refractivity contribution in [1.29, 1.82) is 0 Å². The first-order valence-electron chi connectivity index (χ1n) is 11.1. The van der Waals surface area contributed by atoms with Gasteiger partial charge in [0.1, 0.15) is 18.0 Å². The molecule has 0 unspecified atom stereocenters. The topological polar surface area (TPSA) is 123 Å². The van der Waals surface area contributed by atoms with E-state index in [0.717, 1.165) is 22.6 Å². The van der Waals surface area contributed by atoms with Crippen molar-refractivity contribution in [1.82, 2.24) is 15.6 Å². The van der Waals surface area contributed by atoms with Crippen molar-refractivity contribution in [2.75, 3.05) is 12.4 Å². The Balaban J connectivity index is 1.47. The summed E-state index contributed by atoms with van der Waals surface area (Å²) in [5.74, 6) is -0.570. The minimum absolute atomic E-state index is 0.0476. The van der Waals surface area contributed by atoms with E-state index in [1.807, 2.05) is 47.9 Å². The van der Waals surface area contributed by atoms with E-state index < -0.39 is 12.6 Å². The molecule has 4 rings (SSSR count). The maximum atomic E-state index is 12.5. The van der Waals surface area contributed by atoms with Gasteiger partial charge < -0.3 is 14.6 Å². The molecule has 0 atom stereocenters. The Morgan fingerprint density at radius 3 is 2.59 bits per heavy atom. The molecule has 0 spiro atoms. The fourth-order valence-corrected chi connectivity index (χ4v) is 4.21. The number of carboxylic acids is 1. The lowest BCUT2D eigenvalue weighted by Crippen LogP contribution is -2.34. The van der Waals surface area contributed by atoms with Crippen LogP contribution in [0.25, 0.3) is 17.1 Å². The number of carboxylic acid groups (broad SMARTS) is 1. The van der Waals surface area contributed by atoms with Crippen molar-refractivity contribution in [2.45, 2.75) is 12.1 Å². The van der Waals surface area contributed by atoms with Gasteiger partial charge in [-0.2, -0.15) is 9.67 Å². The van der Waals surface area contributed by atoms with Crippen LogP contribution < -0.4 is 19.8 Å². The Labute approximate surface area is 222 Å². The lowest BCUT2D eigenvalue weighted by molar-refractivity contribution is -0.625. The number of thioether (sulfide) groups is 1. The maximum Gasteiger partial charge on any atom is 0.342 e. The summed E-state index contributed by atoms with van der Waals surface area (Å²) in [7, 11) is 0. The van der Waals surface area contributed by atoms with Gasteiger partial charge in [0.25, 0.3) is 11.7 Å². The Bertz CT molecular complexity index is 1420. The molecule has 2 N–H and O–H groups in total. The number of hydrogen-bond donors (Lipinski definition) is 2. The van der Waals surface area contributed by atoms with Crippen molar-refractivity contribution in [3.8, 4) is 22.8 Å². The van der Waals surface area contributed by atoms with Gasteiger partial charge in [-0.3, -0.25) is 4.79 Å². The van der Waals surface area contributed by atoms with E-state index in [-0.39, 0.29) is 11.7 Å². The van der Waals surface area contributed by atoms with Crippen molar-refractivity contribution >= 4 is 41.5 Å². The summed E-state index contributed by atoms with van der Waals surface area (Å²) in [4.78, 5) is 23.1. The van der Waals surface area contributed by atoms with Gasteiger partial charge in [-0.1, -0.05) is 41.4 Å². The normalized spacial score (nSPS) is 11.0. The van der Waals surface area contributed by atoms with Crippen molar-refractivity contribution in [3.63, 3.8) is 0 Å². The Morgan fingerprint density at radius 1 is 1.14 bits per heavy atom. The van der Waals surface area contributed by atoms with Crippen LogP contribution in [-0.4, -0.2) is 40.6 Å². The number of amides is 1. The third kappa shape index (κ3) is 6.96. The minimum Gasteiger partial charge on any atom is -0.546 e. The number of aryl methyl sites for hydroxylation is 1.